The third-order valence-corrected chi connectivity index (χ3v) is 6.17. The van der Waals surface area contributed by atoms with Crippen molar-refractivity contribution < 1.29 is 9.53 Å². The van der Waals surface area contributed by atoms with Crippen LogP contribution in [-0.4, -0.2) is 30.5 Å². The highest BCUT2D eigenvalue weighted by Crippen LogP contribution is 2.57. The summed E-state index contributed by atoms with van der Waals surface area (Å²) in [6.07, 6.45) is -0.502. The number of carbonyl (C=O) groups is 1. The molecule has 0 bridgehead atoms. The highest BCUT2D eigenvalue weighted by Gasteiger charge is 2.48. The summed E-state index contributed by atoms with van der Waals surface area (Å²) in [5, 5.41) is 6.65. The highest BCUT2D eigenvalue weighted by molar-refractivity contribution is 8.01. The summed E-state index contributed by atoms with van der Waals surface area (Å²) in [5.41, 5.74) is 1.25. The number of thiophene rings is 1. The Morgan fingerprint density at radius 3 is 2.71 bits per heavy atom. The standard InChI is InChI=1S/C14H17N3O2S2/c1-13(2,3)19-12(18)17-10-9(15-4)8-11(21-10)20-7-14(8)5-16-6-14/h16H,5-7H2,1-3H3,(H,17,18). The molecule has 3 rings (SSSR count). The third-order valence-electron chi connectivity index (χ3n) is 3.51. The second-order valence-corrected chi connectivity index (χ2v) is 8.62. The van der Waals surface area contributed by atoms with Gasteiger partial charge < -0.3 is 10.1 Å². The van der Waals surface area contributed by atoms with Gasteiger partial charge in [0, 0.05) is 24.3 Å². The van der Waals surface area contributed by atoms with Crippen LogP contribution in [0.5, 0.6) is 0 Å². The summed E-state index contributed by atoms with van der Waals surface area (Å²) >= 11 is 3.27. The maximum atomic E-state index is 11.9. The molecule has 7 heteroatoms. The van der Waals surface area contributed by atoms with E-state index in [1.54, 1.807) is 11.8 Å². The normalized spacial score (nSPS) is 18.8. The number of nitrogens with zero attached hydrogens (tertiary/aromatic N) is 1. The lowest BCUT2D eigenvalue weighted by Crippen LogP contribution is -2.57. The molecule has 1 saturated heterocycles. The van der Waals surface area contributed by atoms with Gasteiger partial charge in [0.15, 0.2) is 0 Å². The van der Waals surface area contributed by atoms with Gasteiger partial charge in [0.25, 0.3) is 0 Å². The van der Waals surface area contributed by atoms with Crippen LogP contribution in [0.4, 0.5) is 15.5 Å². The first-order chi connectivity index (χ1) is 9.85. The minimum Gasteiger partial charge on any atom is -0.444 e. The topological polar surface area (TPSA) is 54.7 Å². The Balaban J connectivity index is 1.87. The molecule has 0 radical (unpaired) electrons. The van der Waals surface area contributed by atoms with Crippen LogP contribution >= 0.6 is 23.1 Å². The number of hydrogen-bond donors (Lipinski definition) is 2. The van der Waals surface area contributed by atoms with E-state index in [9.17, 15) is 4.79 Å². The molecule has 3 heterocycles. The van der Waals surface area contributed by atoms with Gasteiger partial charge in [-0.15, -0.1) is 23.1 Å². The minimum absolute atomic E-state index is 0.0875. The number of amides is 1. The lowest BCUT2D eigenvalue weighted by molar-refractivity contribution is 0.0636. The van der Waals surface area contributed by atoms with Crippen molar-refractivity contribution in [2.24, 2.45) is 0 Å². The summed E-state index contributed by atoms with van der Waals surface area (Å²) in [6.45, 7) is 14.8. The number of hydrogen-bond acceptors (Lipinski definition) is 5. The lowest BCUT2D eigenvalue weighted by atomic mass is 9.78. The van der Waals surface area contributed by atoms with E-state index in [0.29, 0.717) is 10.7 Å². The fourth-order valence-electron chi connectivity index (χ4n) is 2.54. The van der Waals surface area contributed by atoms with Gasteiger partial charge in [-0.1, -0.05) is 0 Å². The van der Waals surface area contributed by atoms with Crippen molar-refractivity contribution >= 4 is 39.9 Å². The zero-order valence-electron chi connectivity index (χ0n) is 12.2. The molecular formula is C14H17N3O2S2. The van der Waals surface area contributed by atoms with Gasteiger partial charge in [0.1, 0.15) is 10.6 Å². The maximum absolute atomic E-state index is 11.9. The molecule has 0 aromatic carbocycles. The van der Waals surface area contributed by atoms with E-state index in [4.69, 9.17) is 11.3 Å². The monoisotopic (exact) mass is 323 g/mol. The van der Waals surface area contributed by atoms with Crippen molar-refractivity contribution in [3.63, 3.8) is 0 Å². The quantitative estimate of drug-likeness (QED) is 0.776. The van der Waals surface area contributed by atoms with E-state index >= 15 is 0 Å². The molecule has 5 nitrogen and oxygen atoms in total. The SMILES string of the molecule is [C-]#[N+]c1c(NC(=O)OC(C)(C)C)sc2c1C1(CNC1)CS2. The summed E-state index contributed by atoms with van der Waals surface area (Å²) in [5.74, 6) is 1.02. The number of nitrogens with one attached hydrogen (secondary N) is 2. The predicted molar refractivity (Wildman–Crippen MR) is 85.7 cm³/mol. The Morgan fingerprint density at radius 1 is 1.48 bits per heavy atom. The third kappa shape index (κ3) is 2.52. The molecule has 112 valence electrons. The van der Waals surface area contributed by atoms with Crippen LogP contribution in [-0.2, 0) is 10.2 Å². The largest absolute Gasteiger partial charge is 0.444 e. The van der Waals surface area contributed by atoms with E-state index in [1.165, 1.54) is 11.3 Å². The molecule has 2 aliphatic rings. The van der Waals surface area contributed by atoms with Crippen molar-refractivity contribution in [2.45, 2.75) is 36.0 Å². The van der Waals surface area contributed by atoms with Gasteiger partial charge in [-0.25, -0.2) is 9.64 Å². The Morgan fingerprint density at radius 2 is 2.19 bits per heavy atom. The van der Waals surface area contributed by atoms with Crippen LogP contribution in [0.3, 0.4) is 0 Å². The first-order valence-corrected chi connectivity index (χ1v) is 8.53. The van der Waals surface area contributed by atoms with Crippen molar-refractivity contribution in [3.05, 3.63) is 17.0 Å². The molecule has 2 N–H and O–H groups in total. The molecule has 2 aliphatic heterocycles. The molecule has 0 atom stereocenters. The molecule has 21 heavy (non-hydrogen) atoms. The maximum Gasteiger partial charge on any atom is 0.411 e. The molecule has 0 saturated carbocycles. The van der Waals surface area contributed by atoms with Gasteiger partial charge in [-0.2, -0.15) is 0 Å². The van der Waals surface area contributed by atoms with Gasteiger partial charge in [-0.3, -0.25) is 5.32 Å². The van der Waals surface area contributed by atoms with Crippen molar-refractivity contribution in [3.8, 4) is 0 Å². The zero-order chi connectivity index (χ0) is 15.3. The number of rotatable bonds is 1. The number of ether oxygens (including phenoxy) is 1. The molecule has 1 aromatic rings. The fourth-order valence-corrected chi connectivity index (χ4v) is 5.40. The first-order valence-electron chi connectivity index (χ1n) is 6.73. The minimum atomic E-state index is -0.545. The Labute approximate surface area is 132 Å². The first kappa shape index (κ1) is 14.7. The summed E-state index contributed by atoms with van der Waals surface area (Å²) < 4.78 is 6.43. The number of carbonyl (C=O) groups excluding carboxylic acids is 1. The van der Waals surface area contributed by atoms with Gasteiger partial charge in [0.05, 0.1) is 10.8 Å². The van der Waals surface area contributed by atoms with Crippen LogP contribution in [0, 0.1) is 6.57 Å². The van der Waals surface area contributed by atoms with Crippen LogP contribution in [0.25, 0.3) is 4.85 Å². The fraction of sp³-hybridized carbons (Fsp3) is 0.571. The predicted octanol–water partition coefficient (Wildman–Crippen LogP) is 3.59. The van der Waals surface area contributed by atoms with Gasteiger partial charge >= 0.3 is 6.09 Å². The zero-order valence-corrected chi connectivity index (χ0v) is 13.8. The van der Waals surface area contributed by atoms with Crippen LogP contribution in [0.2, 0.25) is 0 Å². The van der Waals surface area contributed by atoms with E-state index in [1.807, 2.05) is 20.8 Å². The number of fused-ring (bicyclic) bond motifs is 2. The van der Waals surface area contributed by atoms with E-state index in [2.05, 4.69) is 15.5 Å². The summed E-state index contributed by atoms with van der Waals surface area (Å²) in [6, 6.07) is 0. The Hall–Kier alpha value is -1.23. The van der Waals surface area contributed by atoms with Crippen molar-refractivity contribution in [1.82, 2.24) is 5.32 Å². The number of thioether (sulfide) groups is 1. The molecular weight excluding hydrogens is 306 g/mol. The van der Waals surface area contributed by atoms with Crippen LogP contribution in [0.15, 0.2) is 4.21 Å². The molecule has 1 aromatic heterocycles. The van der Waals surface area contributed by atoms with E-state index < -0.39 is 11.7 Å². The summed E-state index contributed by atoms with van der Waals surface area (Å²) in [4.78, 5) is 15.6. The van der Waals surface area contributed by atoms with Gasteiger partial charge in [0.2, 0.25) is 5.69 Å². The average Bonchev–Trinajstić information content (AvgIpc) is 2.81. The second kappa shape index (κ2) is 4.90. The van der Waals surface area contributed by atoms with E-state index in [0.717, 1.165) is 28.6 Å². The van der Waals surface area contributed by atoms with E-state index in [-0.39, 0.29) is 5.41 Å². The highest BCUT2D eigenvalue weighted by atomic mass is 32.2. The molecule has 0 aliphatic carbocycles. The second-order valence-electron chi connectivity index (χ2n) is 6.35. The van der Waals surface area contributed by atoms with Crippen molar-refractivity contribution in [2.75, 3.05) is 24.2 Å². The van der Waals surface area contributed by atoms with Crippen LogP contribution in [0.1, 0.15) is 26.3 Å². The molecule has 0 unspecified atom stereocenters. The molecule has 1 spiro atoms. The molecule has 1 fully saturated rings. The molecule has 1 amide bonds. The lowest BCUT2D eigenvalue weighted by Gasteiger charge is -2.39. The Kier molecular flexibility index (Phi) is 3.43. The van der Waals surface area contributed by atoms with Crippen LogP contribution < -0.4 is 10.6 Å². The van der Waals surface area contributed by atoms with Crippen molar-refractivity contribution in [1.29, 1.82) is 0 Å². The Bertz CT molecular complexity index is 636. The average molecular weight is 323 g/mol. The smallest absolute Gasteiger partial charge is 0.411 e. The number of anilines is 1. The van der Waals surface area contributed by atoms with Gasteiger partial charge in [-0.05, 0) is 26.3 Å². The summed E-state index contributed by atoms with van der Waals surface area (Å²) in [7, 11) is 0.